The Morgan fingerprint density at radius 2 is 1.86 bits per heavy atom. The van der Waals surface area contributed by atoms with E-state index in [4.69, 9.17) is 11.6 Å². The normalized spacial score (nSPS) is 15.3. The second kappa shape index (κ2) is 8.01. The molecule has 29 heavy (non-hydrogen) atoms. The smallest absolute Gasteiger partial charge is 0.260 e. The molecule has 1 N–H and O–H groups in total. The van der Waals surface area contributed by atoms with E-state index in [2.05, 4.69) is 10.3 Å². The zero-order valence-corrected chi connectivity index (χ0v) is 16.1. The highest BCUT2D eigenvalue weighted by Crippen LogP contribution is 2.38. The molecule has 0 fully saturated rings. The summed E-state index contributed by atoms with van der Waals surface area (Å²) in [6, 6.07) is 16.0. The Balaban J connectivity index is 1.57. The number of benzene rings is 2. The van der Waals surface area contributed by atoms with Gasteiger partial charge in [-0.1, -0.05) is 29.8 Å². The van der Waals surface area contributed by atoms with Gasteiger partial charge in [0.2, 0.25) is 5.91 Å². The van der Waals surface area contributed by atoms with Crippen LogP contribution in [0.4, 0.5) is 10.1 Å². The predicted octanol–water partition coefficient (Wildman–Crippen LogP) is 4.28. The van der Waals surface area contributed by atoms with E-state index in [1.54, 1.807) is 65.7 Å². The van der Waals surface area contributed by atoms with Crippen molar-refractivity contribution in [3.05, 3.63) is 94.5 Å². The third kappa shape index (κ3) is 3.84. The van der Waals surface area contributed by atoms with Crippen LogP contribution < -0.4 is 10.2 Å². The highest BCUT2D eigenvalue weighted by Gasteiger charge is 2.39. The Morgan fingerprint density at radius 3 is 2.62 bits per heavy atom. The summed E-state index contributed by atoms with van der Waals surface area (Å²) < 4.78 is 13.8. The Morgan fingerprint density at radius 1 is 1.10 bits per heavy atom. The molecule has 1 aliphatic rings. The van der Waals surface area contributed by atoms with Gasteiger partial charge in [0.15, 0.2) is 0 Å². The zero-order chi connectivity index (χ0) is 20.4. The summed E-state index contributed by atoms with van der Waals surface area (Å²) in [5, 5.41) is 3.28. The van der Waals surface area contributed by atoms with Crippen molar-refractivity contribution < 1.29 is 14.0 Å². The van der Waals surface area contributed by atoms with Gasteiger partial charge in [0, 0.05) is 29.0 Å². The van der Waals surface area contributed by atoms with Crippen LogP contribution in [0.5, 0.6) is 0 Å². The third-order valence-corrected chi connectivity index (χ3v) is 5.08. The molecule has 0 aliphatic carbocycles. The highest BCUT2D eigenvalue weighted by atomic mass is 35.5. The zero-order valence-electron chi connectivity index (χ0n) is 15.3. The summed E-state index contributed by atoms with van der Waals surface area (Å²) in [6.45, 7) is 0.0716. The lowest BCUT2D eigenvalue weighted by Crippen LogP contribution is -2.33. The van der Waals surface area contributed by atoms with Crippen LogP contribution in [-0.2, 0) is 11.3 Å². The minimum absolute atomic E-state index is 0.00678. The van der Waals surface area contributed by atoms with Crippen molar-refractivity contribution in [2.45, 2.75) is 19.0 Å². The molecule has 1 aliphatic heterocycles. The molecule has 1 aromatic heterocycles. The van der Waals surface area contributed by atoms with Crippen molar-refractivity contribution in [3.8, 4) is 0 Å². The number of carbonyl (C=O) groups excluding carboxylic acids is 2. The van der Waals surface area contributed by atoms with E-state index < -0.39 is 6.04 Å². The Kier molecular flexibility index (Phi) is 5.27. The van der Waals surface area contributed by atoms with E-state index in [9.17, 15) is 14.0 Å². The number of anilines is 1. The Bertz CT molecular complexity index is 1070. The van der Waals surface area contributed by atoms with Gasteiger partial charge in [-0.05, 0) is 42.5 Å². The number of nitrogens with zero attached hydrogens (tertiary/aromatic N) is 2. The van der Waals surface area contributed by atoms with Gasteiger partial charge in [-0.25, -0.2) is 4.39 Å². The molecule has 146 valence electrons. The van der Waals surface area contributed by atoms with Crippen molar-refractivity contribution in [1.82, 2.24) is 10.3 Å². The molecule has 2 aromatic carbocycles. The standard InChI is InChI=1S/C22H17ClFN3O2/c23-15-7-9-16(10-8-15)27-19(21-17(22(27)29)5-3-11-25-21)12-20(28)26-13-14-4-1-2-6-18(14)24/h1-11,19H,12-13H2,(H,26,28)/t19-/m1/s1. The number of hydrogen-bond donors (Lipinski definition) is 1. The van der Waals surface area contributed by atoms with Gasteiger partial charge in [0.05, 0.1) is 23.7 Å². The molecule has 0 radical (unpaired) electrons. The number of pyridine rings is 1. The van der Waals surface area contributed by atoms with Crippen LogP contribution in [0, 0.1) is 5.82 Å². The lowest BCUT2D eigenvalue weighted by molar-refractivity contribution is -0.121. The van der Waals surface area contributed by atoms with Gasteiger partial charge < -0.3 is 5.32 Å². The Hall–Kier alpha value is -3.25. The highest BCUT2D eigenvalue weighted by molar-refractivity contribution is 6.30. The van der Waals surface area contributed by atoms with Crippen molar-refractivity contribution >= 4 is 29.1 Å². The summed E-state index contributed by atoms with van der Waals surface area (Å²) in [5.41, 5.74) is 2.04. The van der Waals surface area contributed by atoms with Crippen molar-refractivity contribution in [1.29, 1.82) is 0 Å². The molecule has 0 spiro atoms. The molecule has 7 heteroatoms. The molecule has 0 unspecified atom stereocenters. The molecular formula is C22H17ClFN3O2. The molecule has 0 saturated heterocycles. The number of nitrogens with one attached hydrogen (secondary N) is 1. The van der Waals surface area contributed by atoms with E-state index in [-0.39, 0.29) is 30.6 Å². The molecule has 5 nitrogen and oxygen atoms in total. The van der Waals surface area contributed by atoms with Gasteiger partial charge in [-0.3, -0.25) is 19.5 Å². The van der Waals surface area contributed by atoms with E-state index in [1.807, 2.05) is 0 Å². The van der Waals surface area contributed by atoms with E-state index in [0.717, 1.165) is 0 Å². The molecule has 0 bridgehead atoms. The number of carbonyl (C=O) groups is 2. The average Bonchev–Trinajstić information content (AvgIpc) is 3.00. The first kappa shape index (κ1) is 19.1. The number of fused-ring (bicyclic) bond motifs is 1. The van der Waals surface area contributed by atoms with Crippen LogP contribution in [0.1, 0.15) is 34.1 Å². The van der Waals surface area contributed by atoms with Crippen LogP contribution in [0.3, 0.4) is 0 Å². The first-order valence-corrected chi connectivity index (χ1v) is 9.46. The van der Waals surface area contributed by atoms with Gasteiger partial charge >= 0.3 is 0 Å². The number of halogens is 2. The number of amides is 2. The van der Waals surface area contributed by atoms with Crippen LogP contribution in [0.25, 0.3) is 0 Å². The maximum Gasteiger partial charge on any atom is 0.260 e. The van der Waals surface area contributed by atoms with Crippen molar-refractivity contribution in [2.24, 2.45) is 0 Å². The minimum atomic E-state index is -0.555. The molecular weight excluding hydrogens is 393 g/mol. The first-order chi connectivity index (χ1) is 14.0. The van der Waals surface area contributed by atoms with Gasteiger partial charge in [-0.2, -0.15) is 0 Å². The van der Waals surface area contributed by atoms with Crippen molar-refractivity contribution in [2.75, 3.05) is 4.90 Å². The van der Waals surface area contributed by atoms with Crippen LogP contribution in [0.2, 0.25) is 5.02 Å². The molecule has 1 atom stereocenters. The van der Waals surface area contributed by atoms with Crippen LogP contribution in [-0.4, -0.2) is 16.8 Å². The molecule has 2 heterocycles. The Labute approximate surface area is 172 Å². The summed E-state index contributed by atoms with van der Waals surface area (Å²) in [6.07, 6.45) is 1.61. The number of rotatable bonds is 5. The lowest BCUT2D eigenvalue weighted by Gasteiger charge is -2.24. The fourth-order valence-electron chi connectivity index (χ4n) is 3.43. The van der Waals surface area contributed by atoms with Gasteiger partial charge in [-0.15, -0.1) is 0 Å². The molecule has 2 amide bonds. The van der Waals surface area contributed by atoms with E-state index in [0.29, 0.717) is 27.5 Å². The van der Waals surface area contributed by atoms with Gasteiger partial charge in [0.1, 0.15) is 5.82 Å². The summed E-state index contributed by atoms with van der Waals surface area (Å²) in [4.78, 5) is 31.5. The van der Waals surface area contributed by atoms with Crippen LogP contribution >= 0.6 is 11.6 Å². The maximum atomic E-state index is 13.8. The SMILES string of the molecule is O=C(C[C@@H]1c2ncccc2C(=O)N1c1ccc(Cl)cc1)NCc1ccccc1F. The average molecular weight is 410 g/mol. The second-order valence-corrected chi connectivity index (χ2v) is 7.11. The summed E-state index contributed by atoms with van der Waals surface area (Å²) >= 11 is 5.97. The number of hydrogen-bond acceptors (Lipinski definition) is 3. The maximum absolute atomic E-state index is 13.8. The second-order valence-electron chi connectivity index (χ2n) is 6.68. The fraction of sp³-hybridized carbons (Fsp3) is 0.136. The summed E-state index contributed by atoms with van der Waals surface area (Å²) in [7, 11) is 0. The largest absolute Gasteiger partial charge is 0.352 e. The molecule has 3 aromatic rings. The van der Waals surface area contributed by atoms with Gasteiger partial charge in [0.25, 0.3) is 5.91 Å². The number of aromatic nitrogens is 1. The first-order valence-electron chi connectivity index (χ1n) is 9.09. The minimum Gasteiger partial charge on any atom is -0.352 e. The lowest BCUT2D eigenvalue weighted by atomic mass is 10.1. The predicted molar refractivity (Wildman–Crippen MR) is 108 cm³/mol. The monoisotopic (exact) mass is 409 g/mol. The van der Waals surface area contributed by atoms with E-state index in [1.165, 1.54) is 6.07 Å². The fourth-order valence-corrected chi connectivity index (χ4v) is 3.55. The van der Waals surface area contributed by atoms with E-state index >= 15 is 0 Å². The molecule has 0 saturated carbocycles. The third-order valence-electron chi connectivity index (χ3n) is 4.83. The van der Waals surface area contributed by atoms with Crippen LogP contribution in [0.15, 0.2) is 66.9 Å². The summed E-state index contributed by atoms with van der Waals surface area (Å²) in [5.74, 6) is -0.899. The van der Waals surface area contributed by atoms with Crippen molar-refractivity contribution in [3.63, 3.8) is 0 Å². The quantitative estimate of drug-likeness (QED) is 0.684. The molecule has 4 rings (SSSR count). The topological polar surface area (TPSA) is 62.3 Å².